The van der Waals surface area contributed by atoms with Crippen LogP contribution in [0.3, 0.4) is 0 Å². The molecule has 2 atom stereocenters. The van der Waals surface area contributed by atoms with E-state index in [1.165, 1.54) is 38.5 Å². The van der Waals surface area contributed by atoms with Crippen LogP contribution < -0.4 is 11.1 Å². The third-order valence-electron chi connectivity index (χ3n) is 10.0. The summed E-state index contributed by atoms with van der Waals surface area (Å²) in [6, 6.07) is 10.3. The fourth-order valence-electron chi connectivity index (χ4n) is 6.36. The van der Waals surface area contributed by atoms with E-state index in [0.29, 0.717) is 6.42 Å². The van der Waals surface area contributed by atoms with Gasteiger partial charge in [-0.15, -0.1) is 12.4 Å². The molecule has 0 bridgehead atoms. The molecule has 4 N–H and O–H groups in total. The van der Waals surface area contributed by atoms with Crippen molar-refractivity contribution in [3.8, 4) is 0 Å². The molecule has 4 rings (SSSR count). The van der Waals surface area contributed by atoms with E-state index in [4.69, 9.17) is 15.6 Å². The standard InChI is InChI=1S/C19H26N2O5S.C10H12N2O4.C9H16O2S.ClH/c1-26-17(22)16(13-14-5-7-15(8-6-14)21(24)25)20-18(23)19(9-3-10-19)11-4-12-27-2;1-16-10(13)9(11)6-7-2-4-8(5-3-7)12(14)15;1-12-7-3-6-9(8(10)11)4-2-5-9;/h5-8,16H,3-4,9-13H2,1-2H3,(H,20,23);2-5,9H,6,11H2,1H3;2-7H2,1H3,(H,10,11);1H. The Morgan fingerprint density at radius 2 is 1.18 bits per heavy atom. The molecular weight excluding hydrogens is 788 g/mol. The number of non-ortho nitro benzene ring substituents is 2. The minimum atomic E-state index is -0.804. The zero-order valence-corrected chi connectivity index (χ0v) is 34.8. The van der Waals surface area contributed by atoms with Crippen LogP contribution in [0.25, 0.3) is 0 Å². The van der Waals surface area contributed by atoms with Gasteiger partial charge in [-0.2, -0.15) is 23.5 Å². The average Bonchev–Trinajstić information content (AvgIpc) is 3.13. The number of nitrogens with one attached hydrogen (secondary N) is 1. The molecule has 0 heterocycles. The van der Waals surface area contributed by atoms with Gasteiger partial charge in [0.15, 0.2) is 0 Å². The fourth-order valence-corrected chi connectivity index (χ4v) is 7.22. The number of methoxy groups -OCH3 is 2. The zero-order valence-electron chi connectivity index (χ0n) is 32.4. The average molecular weight is 843 g/mol. The van der Waals surface area contributed by atoms with Gasteiger partial charge in [-0.25, -0.2) is 4.79 Å². The Bertz CT molecular complexity index is 1570. The highest BCUT2D eigenvalue weighted by molar-refractivity contribution is 7.98. The van der Waals surface area contributed by atoms with Gasteiger partial charge in [-0.1, -0.05) is 37.1 Å². The maximum atomic E-state index is 12.9. The summed E-state index contributed by atoms with van der Waals surface area (Å²) in [7, 11) is 2.55. The monoisotopic (exact) mass is 842 g/mol. The Balaban J connectivity index is 0.000000459. The number of carboxylic acid groups (broad SMARTS) is 1. The molecule has 0 saturated heterocycles. The van der Waals surface area contributed by atoms with Crippen molar-refractivity contribution in [1.82, 2.24) is 5.32 Å². The predicted octanol–water partition coefficient (Wildman–Crippen LogP) is 6.55. The van der Waals surface area contributed by atoms with Crippen LogP contribution in [0, 0.1) is 31.1 Å². The third kappa shape index (κ3) is 15.5. The molecule has 0 aliphatic heterocycles. The van der Waals surface area contributed by atoms with E-state index >= 15 is 0 Å². The third-order valence-corrected chi connectivity index (χ3v) is 11.4. The Hall–Kier alpha value is -3.93. The van der Waals surface area contributed by atoms with Gasteiger partial charge in [0.1, 0.15) is 12.1 Å². The number of hydrogen-bond donors (Lipinski definition) is 3. The normalized spacial score (nSPS) is 15.4. The molecule has 1 amide bonds. The molecule has 2 fully saturated rings. The molecule has 0 radical (unpaired) electrons. The maximum Gasteiger partial charge on any atom is 0.328 e. The molecule has 2 aliphatic carbocycles. The highest BCUT2D eigenvalue weighted by Gasteiger charge is 2.45. The molecule has 2 aliphatic rings. The number of thioether (sulfide) groups is 2. The summed E-state index contributed by atoms with van der Waals surface area (Å²) in [6.07, 6.45) is 14.0. The van der Waals surface area contributed by atoms with Crippen LogP contribution in [-0.4, -0.2) is 89.1 Å². The van der Waals surface area contributed by atoms with Crippen LogP contribution >= 0.6 is 35.9 Å². The van der Waals surface area contributed by atoms with E-state index in [9.17, 15) is 39.4 Å². The Labute approximate surface area is 342 Å². The van der Waals surface area contributed by atoms with Gasteiger partial charge in [-0.05, 0) is 92.9 Å². The summed E-state index contributed by atoms with van der Waals surface area (Å²) in [6.45, 7) is 0. The minimum absolute atomic E-state index is 0. The quantitative estimate of drug-likeness (QED) is 0.0589. The number of rotatable bonds is 19. The Morgan fingerprint density at radius 1 is 0.768 bits per heavy atom. The van der Waals surface area contributed by atoms with Crippen LogP contribution in [0.4, 0.5) is 11.4 Å². The smallest absolute Gasteiger partial charge is 0.328 e. The summed E-state index contributed by atoms with van der Waals surface area (Å²) in [5, 5.41) is 33.0. The molecule has 0 aromatic heterocycles. The molecule has 15 nitrogen and oxygen atoms in total. The number of benzene rings is 2. The van der Waals surface area contributed by atoms with Gasteiger partial charge in [0.25, 0.3) is 11.4 Å². The second-order valence-corrected chi connectivity index (χ2v) is 15.7. The molecule has 2 unspecified atom stereocenters. The van der Waals surface area contributed by atoms with Crippen LogP contribution in [-0.2, 0) is 41.5 Å². The van der Waals surface area contributed by atoms with E-state index < -0.39 is 39.8 Å². The number of esters is 2. The van der Waals surface area contributed by atoms with Gasteiger partial charge in [-0.3, -0.25) is 34.6 Å². The number of halogens is 1. The first-order valence-corrected chi connectivity index (χ1v) is 20.9. The number of carbonyl (C=O) groups excluding carboxylic acids is 3. The van der Waals surface area contributed by atoms with Crippen molar-refractivity contribution in [2.24, 2.45) is 16.6 Å². The summed E-state index contributed by atoms with van der Waals surface area (Å²) >= 11 is 3.56. The molecule has 2 aromatic carbocycles. The minimum Gasteiger partial charge on any atom is -0.481 e. The highest BCUT2D eigenvalue weighted by Crippen LogP contribution is 2.46. The topological polar surface area (TPSA) is 231 Å². The first kappa shape index (κ1) is 50.1. The predicted molar refractivity (Wildman–Crippen MR) is 220 cm³/mol. The fraction of sp³-hybridized carbons (Fsp3) is 0.579. The Morgan fingerprint density at radius 3 is 1.52 bits per heavy atom. The van der Waals surface area contributed by atoms with Crippen LogP contribution in [0.2, 0.25) is 0 Å². The van der Waals surface area contributed by atoms with Crippen molar-refractivity contribution < 1.29 is 43.6 Å². The molecule has 56 heavy (non-hydrogen) atoms. The van der Waals surface area contributed by atoms with Gasteiger partial charge in [0.2, 0.25) is 5.91 Å². The van der Waals surface area contributed by atoms with Crippen LogP contribution in [0.15, 0.2) is 48.5 Å². The number of nitro benzene ring substituents is 2. The number of carboxylic acids is 1. The molecule has 2 saturated carbocycles. The number of ether oxygens (including phenoxy) is 2. The number of aliphatic carboxylic acids is 1. The van der Waals surface area contributed by atoms with E-state index in [1.54, 1.807) is 47.8 Å². The largest absolute Gasteiger partial charge is 0.481 e. The lowest BCUT2D eigenvalue weighted by Crippen LogP contribution is -2.52. The molecule has 0 spiro atoms. The van der Waals surface area contributed by atoms with Crippen molar-refractivity contribution in [2.45, 2.75) is 89.1 Å². The lowest BCUT2D eigenvalue weighted by atomic mass is 9.65. The first-order valence-electron chi connectivity index (χ1n) is 18.1. The maximum absolute atomic E-state index is 12.9. The number of hydrogen-bond acceptors (Lipinski definition) is 13. The number of nitrogens with zero attached hydrogens (tertiary/aromatic N) is 2. The second-order valence-electron chi connectivity index (χ2n) is 13.7. The van der Waals surface area contributed by atoms with E-state index in [1.807, 2.05) is 6.26 Å². The molecular formula is C38H55ClN4O11S2. The summed E-state index contributed by atoms with van der Waals surface area (Å²) in [5.41, 5.74) is 6.32. The second kappa shape index (κ2) is 25.3. The summed E-state index contributed by atoms with van der Waals surface area (Å²) in [5.74, 6) is 0.425. The van der Waals surface area contributed by atoms with Crippen molar-refractivity contribution in [2.75, 3.05) is 38.2 Å². The first-order chi connectivity index (χ1) is 26.2. The highest BCUT2D eigenvalue weighted by atomic mass is 35.5. The van der Waals surface area contributed by atoms with Gasteiger partial charge >= 0.3 is 17.9 Å². The van der Waals surface area contributed by atoms with Gasteiger partial charge in [0, 0.05) is 36.1 Å². The number of carbonyl (C=O) groups is 4. The van der Waals surface area contributed by atoms with Crippen LogP contribution in [0.5, 0.6) is 0 Å². The van der Waals surface area contributed by atoms with Crippen LogP contribution in [0.1, 0.15) is 75.3 Å². The zero-order chi connectivity index (χ0) is 41.0. The number of nitrogens with two attached hydrogens (primary N) is 1. The van der Waals surface area contributed by atoms with E-state index in [-0.39, 0.29) is 46.9 Å². The lowest BCUT2D eigenvalue weighted by molar-refractivity contribution is -0.385. The van der Waals surface area contributed by atoms with E-state index in [2.05, 4.69) is 16.3 Å². The van der Waals surface area contributed by atoms with Crippen molar-refractivity contribution in [3.63, 3.8) is 0 Å². The van der Waals surface area contributed by atoms with Crippen molar-refractivity contribution in [3.05, 3.63) is 79.9 Å². The summed E-state index contributed by atoms with van der Waals surface area (Å²) < 4.78 is 9.32. The van der Waals surface area contributed by atoms with Crippen molar-refractivity contribution >= 4 is 71.1 Å². The molecule has 312 valence electrons. The molecule has 2 aromatic rings. The van der Waals surface area contributed by atoms with Gasteiger partial charge in [0.05, 0.1) is 29.5 Å². The van der Waals surface area contributed by atoms with E-state index in [0.717, 1.165) is 86.8 Å². The number of amides is 1. The summed E-state index contributed by atoms with van der Waals surface area (Å²) in [4.78, 5) is 67.2. The van der Waals surface area contributed by atoms with Crippen molar-refractivity contribution in [1.29, 1.82) is 0 Å². The number of nitro groups is 2. The SMILES string of the molecule is COC(=O)C(Cc1ccc([N+](=O)[O-])cc1)NC(=O)C1(CCCSC)CCC1.COC(=O)C(N)Cc1ccc([N+](=O)[O-])cc1.CSCCCC1(C(=O)O)CCC1.Cl. The Kier molecular flexibility index (Phi) is 22.7. The van der Waals surface area contributed by atoms with Gasteiger partial charge < -0.3 is 25.6 Å². The molecule has 18 heteroatoms. The lowest BCUT2D eigenvalue weighted by Gasteiger charge is -2.41.